The molecule has 0 unspecified atom stereocenters. The molecule has 0 radical (unpaired) electrons. The highest BCUT2D eigenvalue weighted by Gasteiger charge is 2.47. The van der Waals surface area contributed by atoms with E-state index in [2.05, 4.69) is 5.32 Å². The first-order chi connectivity index (χ1) is 9.47. The third kappa shape index (κ3) is 3.67. The van der Waals surface area contributed by atoms with Gasteiger partial charge in [-0.3, -0.25) is 9.69 Å². The van der Waals surface area contributed by atoms with Crippen LogP contribution < -0.4 is 5.32 Å². The quantitative estimate of drug-likeness (QED) is 0.389. The van der Waals surface area contributed by atoms with Crippen molar-refractivity contribution in [3.63, 3.8) is 0 Å². The fourth-order valence-electron chi connectivity index (χ4n) is 2.84. The average Bonchev–Trinajstić information content (AvgIpc) is 2.41. The summed E-state index contributed by atoms with van der Waals surface area (Å²) in [6.07, 6.45) is -0.624. The summed E-state index contributed by atoms with van der Waals surface area (Å²) in [7, 11) is 0. The molecule has 1 aliphatic heterocycles. The minimum Gasteiger partial charge on any atom is -0.395 e. The minimum atomic E-state index is -1.22. The van der Waals surface area contributed by atoms with E-state index < -0.39 is 30.3 Å². The summed E-state index contributed by atoms with van der Waals surface area (Å²) >= 11 is 0. The molecule has 0 aromatic carbocycles. The van der Waals surface area contributed by atoms with E-state index in [9.17, 15) is 25.2 Å². The molecule has 1 amide bonds. The summed E-state index contributed by atoms with van der Waals surface area (Å²) in [5.74, 6) is -0.336. The fourth-order valence-corrected chi connectivity index (χ4v) is 2.84. The van der Waals surface area contributed by atoms with Crippen LogP contribution in [-0.2, 0) is 4.79 Å². The van der Waals surface area contributed by atoms with Gasteiger partial charge >= 0.3 is 0 Å². The zero-order chi connectivity index (χ0) is 15.3. The number of hydrogen-bond acceptors (Lipinski definition) is 6. The van der Waals surface area contributed by atoms with Gasteiger partial charge in [-0.25, -0.2) is 0 Å². The molecule has 7 heteroatoms. The number of carbonyl (C=O) groups is 1. The molecule has 1 fully saturated rings. The van der Waals surface area contributed by atoms with Crippen LogP contribution in [0.2, 0.25) is 0 Å². The molecule has 5 atom stereocenters. The summed E-state index contributed by atoms with van der Waals surface area (Å²) < 4.78 is 0. The zero-order valence-corrected chi connectivity index (χ0v) is 12.1. The highest BCUT2D eigenvalue weighted by atomic mass is 16.3. The lowest BCUT2D eigenvalue weighted by Gasteiger charge is -2.50. The van der Waals surface area contributed by atoms with Crippen LogP contribution in [0, 0.1) is 0 Å². The Labute approximate surface area is 119 Å². The Morgan fingerprint density at radius 1 is 1.15 bits per heavy atom. The van der Waals surface area contributed by atoms with Crippen LogP contribution in [0.4, 0.5) is 0 Å². The van der Waals surface area contributed by atoms with Gasteiger partial charge in [-0.2, -0.15) is 0 Å². The Morgan fingerprint density at radius 3 is 2.20 bits per heavy atom. The van der Waals surface area contributed by atoms with Crippen molar-refractivity contribution >= 4 is 5.91 Å². The van der Waals surface area contributed by atoms with Crippen LogP contribution in [-0.4, -0.2) is 81.3 Å². The van der Waals surface area contributed by atoms with Gasteiger partial charge < -0.3 is 25.7 Å². The molecule has 0 spiro atoms. The number of unbranched alkanes of at least 4 members (excludes halogenated alkanes) is 1. The standard InChI is InChI=1S/C13H26N2O5/c1-3-4-5-15-9(6-16)11(14-8(2)18)13(20)12(19)10(15)7-17/h9-13,16-17,19-20H,3-7H2,1-2H3,(H,14,18)/t9-,10-,11+,12-,13-/m1/s1. The number of rotatable bonds is 6. The third-order valence-corrected chi connectivity index (χ3v) is 3.89. The third-order valence-electron chi connectivity index (χ3n) is 3.89. The van der Waals surface area contributed by atoms with Gasteiger partial charge in [-0.15, -0.1) is 0 Å². The normalized spacial score (nSPS) is 35.0. The second-order valence-electron chi connectivity index (χ2n) is 5.30. The number of nitrogens with one attached hydrogen (secondary N) is 1. The Balaban J connectivity index is 2.98. The minimum absolute atomic E-state index is 0.269. The van der Waals surface area contributed by atoms with Gasteiger partial charge in [-0.1, -0.05) is 13.3 Å². The molecule has 1 aliphatic rings. The Morgan fingerprint density at radius 2 is 1.75 bits per heavy atom. The molecule has 0 aromatic heterocycles. The Kier molecular flexibility index (Phi) is 6.84. The van der Waals surface area contributed by atoms with Crippen LogP contribution in [0.5, 0.6) is 0 Å². The number of likely N-dealkylation sites (tertiary alicyclic amines) is 1. The monoisotopic (exact) mass is 290 g/mol. The van der Waals surface area contributed by atoms with E-state index in [0.717, 1.165) is 12.8 Å². The number of aliphatic hydroxyl groups is 4. The highest BCUT2D eigenvalue weighted by molar-refractivity contribution is 5.73. The van der Waals surface area contributed by atoms with Crippen molar-refractivity contribution < 1.29 is 25.2 Å². The van der Waals surface area contributed by atoms with Gasteiger partial charge in [-0.05, 0) is 13.0 Å². The summed E-state index contributed by atoms with van der Waals surface area (Å²) in [6, 6.07) is -1.92. The number of carbonyl (C=O) groups excluding carboxylic acids is 1. The lowest BCUT2D eigenvalue weighted by atomic mass is 9.86. The maximum Gasteiger partial charge on any atom is 0.217 e. The molecule has 20 heavy (non-hydrogen) atoms. The molecular formula is C13H26N2O5. The topological polar surface area (TPSA) is 113 Å². The maximum absolute atomic E-state index is 11.2. The maximum atomic E-state index is 11.2. The second-order valence-corrected chi connectivity index (χ2v) is 5.30. The van der Waals surface area contributed by atoms with Crippen molar-refractivity contribution in [3.05, 3.63) is 0 Å². The van der Waals surface area contributed by atoms with Crippen LogP contribution in [0.3, 0.4) is 0 Å². The number of aliphatic hydroxyl groups excluding tert-OH is 4. The van der Waals surface area contributed by atoms with Crippen molar-refractivity contribution in [3.8, 4) is 0 Å². The van der Waals surface area contributed by atoms with Gasteiger partial charge in [0, 0.05) is 6.92 Å². The zero-order valence-electron chi connectivity index (χ0n) is 12.1. The first-order valence-electron chi connectivity index (χ1n) is 7.08. The van der Waals surface area contributed by atoms with Crippen LogP contribution in [0.1, 0.15) is 26.7 Å². The summed E-state index contributed by atoms with van der Waals surface area (Å²) in [6.45, 7) is 3.33. The van der Waals surface area contributed by atoms with Crippen molar-refractivity contribution in [1.29, 1.82) is 0 Å². The molecular weight excluding hydrogens is 264 g/mol. The van der Waals surface area contributed by atoms with Gasteiger partial charge in [0.25, 0.3) is 0 Å². The Bertz CT molecular complexity index is 315. The predicted molar refractivity (Wildman–Crippen MR) is 73.0 cm³/mol. The first kappa shape index (κ1) is 17.3. The van der Waals surface area contributed by atoms with Crippen LogP contribution in [0.15, 0.2) is 0 Å². The van der Waals surface area contributed by atoms with Crippen molar-refractivity contribution in [2.45, 2.75) is 57.0 Å². The molecule has 5 N–H and O–H groups in total. The van der Waals surface area contributed by atoms with Gasteiger partial charge in [0.15, 0.2) is 0 Å². The molecule has 0 aromatic rings. The molecule has 1 saturated heterocycles. The van der Waals surface area contributed by atoms with Crippen molar-refractivity contribution in [2.24, 2.45) is 0 Å². The van der Waals surface area contributed by atoms with E-state index in [-0.39, 0.29) is 19.1 Å². The number of piperidine rings is 1. The fraction of sp³-hybridized carbons (Fsp3) is 0.923. The predicted octanol–water partition coefficient (Wildman–Crippen LogP) is -1.95. The SMILES string of the molecule is CCCCN1[C@H](CO)[C@@H](O)[C@H](O)[C@@H](NC(C)=O)[C@H]1CO. The largest absolute Gasteiger partial charge is 0.395 e. The van der Waals surface area contributed by atoms with E-state index in [1.165, 1.54) is 6.92 Å². The van der Waals surface area contributed by atoms with E-state index in [0.29, 0.717) is 6.54 Å². The number of amides is 1. The number of nitrogens with zero attached hydrogens (tertiary/aromatic N) is 1. The van der Waals surface area contributed by atoms with Crippen molar-refractivity contribution in [1.82, 2.24) is 10.2 Å². The molecule has 1 heterocycles. The van der Waals surface area contributed by atoms with E-state index in [1.807, 2.05) is 6.92 Å². The lowest BCUT2D eigenvalue weighted by molar-refractivity contribution is -0.144. The smallest absolute Gasteiger partial charge is 0.217 e. The molecule has 0 bridgehead atoms. The Hall–Kier alpha value is -0.730. The van der Waals surface area contributed by atoms with Crippen LogP contribution >= 0.6 is 0 Å². The highest BCUT2D eigenvalue weighted by Crippen LogP contribution is 2.25. The summed E-state index contributed by atoms with van der Waals surface area (Å²) in [4.78, 5) is 13.0. The molecule has 118 valence electrons. The average molecular weight is 290 g/mol. The number of hydrogen-bond donors (Lipinski definition) is 5. The molecule has 1 rings (SSSR count). The summed E-state index contributed by atoms with van der Waals surface area (Å²) in [5, 5.41) is 41.9. The van der Waals surface area contributed by atoms with E-state index >= 15 is 0 Å². The first-order valence-corrected chi connectivity index (χ1v) is 7.08. The molecule has 7 nitrogen and oxygen atoms in total. The van der Waals surface area contributed by atoms with E-state index in [1.54, 1.807) is 4.90 Å². The second kappa shape index (κ2) is 7.90. The van der Waals surface area contributed by atoms with E-state index in [4.69, 9.17) is 0 Å². The molecule has 0 saturated carbocycles. The van der Waals surface area contributed by atoms with Crippen LogP contribution in [0.25, 0.3) is 0 Å². The van der Waals surface area contributed by atoms with Crippen molar-refractivity contribution in [2.75, 3.05) is 19.8 Å². The van der Waals surface area contributed by atoms with Gasteiger partial charge in [0.2, 0.25) is 5.91 Å². The summed E-state index contributed by atoms with van der Waals surface area (Å²) in [5.41, 5.74) is 0. The van der Waals surface area contributed by atoms with Gasteiger partial charge in [0.1, 0.15) is 6.10 Å². The molecule has 0 aliphatic carbocycles. The van der Waals surface area contributed by atoms with Gasteiger partial charge in [0.05, 0.1) is 37.4 Å². The lowest BCUT2D eigenvalue weighted by Crippen LogP contribution is -2.72.